The molecular formula is C11H20O. The van der Waals surface area contributed by atoms with Gasteiger partial charge in [-0.3, -0.25) is 0 Å². The molecule has 0 aromatic carbocycles. The lowest BCUT2D eigenvalue weighted by Crippen LogP contribution is -2.51. The van der Waals surface area contributed by atoms with Crippen molar-refractivity contribution in [1.29, 1.82) is 0 Å². The molecule has 0 bridgehead atoms. The second-order valence-corrected chi connectivity index (χ2v) is 5.45. The van der Waals surface area contributed by atoms with E-state index in [9.17, 15) is 0 Å². The average Bonchev–Trinajstić information content (AvgIpc) is 1.88. The van der Waals surface area contributed by atoms with Gasteiger partial charge in [0.15, 0.2) is 0 Å². The van der Waals surface area contributed by atoms with E-state index in [-0.39, 0.29) is 0 Å². The molecule has 0 aromatic rings. The molecule has 0 amide bonds. The molecule has 1 aliphatic carbocycles. The van der Waals surface area contributed by atoms with Gasteiger partial charge in [0.2, 0.25) is 0 Å². The maximum Gasteiger partial charge on any atom is 0.0636 e. The maximum absolute atomic E-state index is 5.82. The fourth-order valence-corrected chi connectivity index (χ4v) is 2.67. The van der Waals surface area contributed by atoms with Gasteiger partial charge in [-0.15, -0.1) is 0 Å². The topological polar surface area (TPSA) is 9.23 Å². The van der Waals surface area contributed by atoms with E-state index < -0.39 is 0 Å². The van der Waals surface area contributed by atoms with Crippen molar-refractivity contribution in [2.75, 3.05) is 6.61 Å². The van der Waals surface area contributed by atoms with Gasteiger partial charge >= 0.3 is 0 Å². The molecule has 0 aromatic heterocycles. The Balaban J connectivity index is 1.97. The minimum atomic E-state index is 0.457. The molecule has 1 aliphatic heterocycles. The largest absolute Gasteiger partial charge is 0.378 e. The van der Waals surface area contributed by atoms with Crippen LogP contribution >= 0.6 is 0 Å². The zero-order valence-electron chi connectivity index (χ0n) is 8.47. The van der Waals surface area contributed by atoms with Crippen LogP contribution in [0.3, 0.4) is 0 Å². The Bertz CT molecular complexity index is 168. The summed E-state index contributed by atoms with van der Waals surface area (Å²) < 4.78 is 5.82. The molecule has 1 saturated heterocycles. The summed E-state index contributed by atoms with van der Waals surface area (Å²) in [6.07, 6.45) is 4.72. The van der Waals surface area contributed by atoms with Crippen molar-refractivity contribution in [2.45, 2.75) is 46.1 Å². The maximum atomic E-state index is 5.82. The summed E-state index contributed by atoms with van der Waals surface area (Å²) in [6, 6.07) is 0. The highest BCUT2D eigenvalue weighted by molar-refractivity contribution is 4.97. The lowest BCUT2D eigenvalue weighted by Gasteiger charge is -2.52. The van der Waals surface area contributed by atoms with Crippen molar-refractivity contribution in [3.63, 3.8) is 0 Å². The molecule has 2 aliphatic rings. The lowest BCUT2D eigenvalue weighted by molar-refractivity contribution is -0.158. The smallest absolute Gasteiger partial charge is 0.0636 e. The van der Waals surface area contributed by atoms with Crippen molar-refractivity contribution < 1.29 is 4.74 Å². The van der Waals surface area contributed by atoms with Gasteiger partial charge in [0, 0.05) is 6.61 Å². The standard InChI is InChI=1S/C11H20O/c1-11(2,3)9-7-8-5-4-6-12-10(8)9/h8-10H,4-7H2,1-3H3. The Hall–Kier alpha value is -0.0400. The molecule has 2 rings (SSSR count). The minimum absolute atomic E-state index is 0.457. The Morgan fingerprint density at radius 3 is 2.58 bits per heavy atom. The average molecular weight is 168 g/mol. The molecule has 3 atom stereocenters. The Labute approximate surface area is 75.5 Å². The number of fused-ring (bicyclic) bond motifs is 1. The van der Waals surface area contributed by atoms with Gasteiger partial charge in [0.1, 0.15) is 0 Å². The highest BCUT2D eigenvalue weighted by atomic mass is 16.5. The summed E-state index contributed by atoms with van der Waals surface area (Å²) in [5.74, 6) is 1.73. The van der Waals surface area contributed by atoms with Crippen LogP contribution in [0.1, 0.15) is 40.0 Å². The van der Waals surface area contributed by atoms with Gasteiger partial charge in [-0.25, -0.2) is 0 Å². The highest BCUT2D eigenvalue weighted by Gasteiger charge is 2.48. The van der Waals surface area contributed by atoms with Crippen LogP contribution in [0.2, 0.25) is 0 Å². The van der Waals surface area contributed by atoms with Crippen LogP contribution in [0, 0.1) is 17.3 Å². The summed E-state index contributed by atoms with van der Waals surface area (Å²) in [6.45, 7) is 8.03. The van der Waals surface area contributed by atoms with Crippen molar-refractivity contribution >= 4 is 0 Å². The van der Waals surface area contributed by atoms with Gasteiger partial charge in [0.05, 0.1) is 6.10 Å². The molecule has 1 heterocycles. The first-order valence-corrected chi connectivity index (χ1v) is 5.20. The van der Waals surface area contributed by atoms with Gasteiger partial charge in [0.25, 0.3) is 0 Å². The van der Waals surface area contributed by atoms with E-state index in [0.29, 0.717) is 11.5 Å². The highest BCUT2D eigenvalue weighted by Crippen LogP contribution is 2.50. The van der Waals surface area contributed by atoms with Crippen LogP contribution in [-0.4, -0.2) is 12.7 Å². The molecule has 12 heavy (non-hydrogen) atoms. The first kappa shape index (κ1) is 8.55. The quantitative estimate of drug-likeness (QED) is 0.540. The van der Waals surface area contributed by atoms with Crippen molar-refractivity contribution in [1.82, 2.24) is 0 Å². The van der Waals surface area contributed by atoms with Crippen LogP contribution < -0.4 is 0 Å². The summed E-state index contributed by atoms with van der Waals surface area (Å²) in [5, 5.41) is 0. The van der Waals surface area contributed by atoms with Crippen molar-refractivity contribution in [2.24, 2.45) is 17.3 Å². The minimum Gasteiger partial charge on any atom is -0.378 e. The van der Waals surface area contributed by atoms with Gasteiger partial charge < -0.3 is 4.74 Å². The van der Waals surface area contributed by atoms with E-state index in [1.165, 1.54) is 19.3 Å². The number of rotatable bonds is 0. The summed E-state index contributed by atoms with van der Waals surface area (Å²) in [5.41, 5.74) is 0.457. The fourth-order valence-electron chi connectivity index (χ4n) is 2.67. The van der Waals surface area contributed by atoms with E-state index >= 15 is 0 Å². The van der Waals surface area contributed by atoms with Crippen LogP contribution in [0.25, 0.3) is 0 Å². The summed E-state index contributed by atoms with van der Waals surface area (Å²) in [4.78, 5) is 0. The van der Waals surface area contributed by atoms with Crippen molar-refractivity contribution in [3.05, 3.63) is 0 Å². The van der Waals surface area contributed by atoms with Crippen molar-refractivity contribution in [3.8, 4) is 0 Å². The SMILES string of the molecule is CC(C)(C)C1CC2CCCOC21. The van der Waals surface area contributed by atoms with E-state index in [2.05, 4.69) is 20.8 Å². The molecular weight excluding hydrogens is 148 g/mol. The monoisotopic (exact) mass is 168 g/mol. The third-order valence-electron chi connectivity index (χ3n) is 3.56. The Kier molecular flexibility index (Phi) is 1.95. The third-order valence-corrected chi connectivity index (χ3v) is 3.56. The van der Waals surface area contributed by atoms with Gasteiger partial charge in [-0.2, -0.15) is 0 Å². The molecule has 1 heteroatoms. The molecule has 3 unspecified atom stereocenters. The Morgan fingerprint density at radius 1 is 1.25 bits per heavy atom. The number of hydrogen-bond donors (Lipinski definition) is 0. The molecule has 70 valence electrons. The third kappa shape index (κ3) is 1.28. The second-order valence-electron chi connectivity index (χ2n) is 5.45. The molecule has 1 nitrogen and oxygen atoms in total. The van der Waals surface area contributed by atoms with E-state index in [1.807, 2.05) is 0 Å². The summed E-state index contributed by atoms with van der Waals surface area (Å²) >= 11 is 0. The molecule has 0 spiro atoms. The van der Waals surface area contributed by atoms with E-state index in [0.717, 1.165) is 18.4 Å². The fraction of sp³-hybridized carbons (Fsp3) is 1.00. The molecule has 0 N–H and O–H groups in total. The first-order chi connectivity index (χ1) is 5.59. The predicted molar refractivity (Wildman–Crippen MR) is 50.0 cm³/mol. The van der Waals surface area contributed by atoms with Crippen LogP contribution in [0.15, 0.2) is 0 Å². The van der Waals surface area contributed by atoms with Crippen LogP contribution in [0.4, 0.5) is 0 Å². The predicted octanol–water partition coefficient (Wildman–Crippen LogP) is 2.85. The van der Waals surface area contributed by atoms with E-state index in [4.69, 9.17) is 4.74 Å². The van der Waals surface area contributed by atoms with Gasteiger partial charge in [-0.1, -0.05) is 20.8 Å². The van der Waals surface area contributed by atoms with Crippen LogP contribution in [0.5, 0.6) is 0 Å². The lowest BCUT2D eigenvalue weighted by atomic mass is 9.59. The molecule has 1 saturated carbocycles. The number of ether oxygens (including phenoxy) is 1. The Morgan fingerprint density at radius 2 is 2.00 bits per heavy atom. The van der Waals surface area contributed by atoms with E-state index in [1.54, 1.807) is 0 Å². The molecule has 0 radical (unpaired) electrons. The zero-order chi connectivity index (χ0) is 8.77. The summed E-state index contributed by atoms with van der Waals surface area (Å²) in [7, 11) is 0. The van der Waals surface area contributed by atoms with Gasteiger partial charge in [-0.05, 0) is 36.5 Å². The number of hydrogen-bond acceptors (Lipinski definition) is 1. The van der Waals surface area contributed by atoms with Crippen LogP contribution in [-0.2, 0) is 4.74 Å². The second kappa shape index (κ2) is 2.73. The zero-order valence-corrected chi connectivity index (χ0v) is 8.47. The molecule has 2 fully saturated rings. The normalized spacial score (nSPS) is 41.8. The first-order valence-electron chi connectivity index (χ1n) is 5.20.